The molecule has 18 heteroatoms. The molecular formula is C91H180CrCs2S15. The molecule has 27 atom stereocenters. The summed E-state index contributed by atoms with van der Waals surface area (Å²) in [6.45, 7) is 52.4. The fourth-order valence-corrected chi connectivity index (χ4v) is 23.5. The van der Waals surface area contributed by atoms with Crippen LogP contribution in [0.5, 0.6) is 0 Å². The van der Waals surface area contributed by atoms with Crippen molar-refractivity contribution in [2.24, 2.45) is 124 Å². The van der Waals surface area contributed by atoms with Gasteiger partial charge in [0.15, 0.2) is 0 Å². The van der Waals surface area contributed by atoms with Crippen LogP contribution >= 0.6 is 189 Å². The Kier molecular flexibility index (Phi) is 83.4. The maximum atomic E-state index is 4.75. The van der Waals surface area contributed by atoms with E-state index in [1.54, 1.807) is 32.1 Å². The predicted molar refractivity (Wildman–Crippen MR) is 542 cm³/mol. The largest absolute Gasteiger partial charge is 2.00 e. The standard InChI is InChI=1S/C17H32.C15H28S2.C10H20S.2C8H16S3.C8H16S2.C8H16S.2C6H13S.C5H10S.Cr.2Cs/c1-3-14-5-9-16(10-6-14)13-17-11-7-15(4-2)8-12-17;1-10-3-5-12(8-14(10)16)7-13-6-4-11(2)15(17)9-13;1-3-8-5-6-9(4-2)10(11)7-8;1-4-6(9)3-7(10)5(2)8(4)11;1-4-3-5(2)7(10)8(11)6(4)9;1-5-3-6(2)8(10)4-7(5)9;1-6-4-3-5-7(2)8(6)9;1-4-5(2)6(3)7;1-4-6(7)5(2)3;1-3-5(2)4-6;;;/h14-17H,3-13H2,1-2H3;10-17H,3-9H2,1-2H3;8-11H,3-7H2,1-2H3;2*4-11H,3H2,1-2H3;5-10H,3-4H2,1-2H3;6-9H,3-5H2,1-2H3;5-7H,3-4H2,1-2H3;4-7H,1-3H3;4-6H,1,3H2,2H3;;;/q;;;;;;;2*-1;-2;+2;2*+1. The summed E-state index contributed by atoms with van der Waals surface area (Å²) in [6.07, 6.45) is 46.7. The number of hydrogen-bond donors (Lipinski definition) is 15. The van der Waals surface area contributed by atoms with Gasteiger partial charge in [0, 0.05) is 63.0 Å². The van der Waals surface area contributed by atoms with Gasteiger partial charge in [-0.25, -0.2) is 31.7 Å². The predicted octanol–water partition coefficient (Wildman–Crippen LogP) is 25.0. The molecule has 0 aromatic heterocycles. The summed E-state index contributed by atoms with van der Waals surface area (Å²) < 4.78 is 0. The summed E-state index contributed by atoms with van der Waals surface area (Å²) in [5, 5.41) is 7.22. The van der Waals surface area contributed by atoms with Crippen LogP contribution in [-0.4, -0.2) is 73.5 Å². The van der Waals surface area contributed by atoms with Crippen molar-refractivity contribution >= 4 is 189 Å². The van der Waals surface area contributed by atoms with E-state index < -0.39 is 0 Å². The molecule has 0 radical (unpaired) electrons. The van der Waals surface area contributed by atoms with E-state index in [9.17, 15) is 0 Å². The Morgan fingerprint density at radius 2 is 0.697 bits per heavy atom. The monoisotopic (exact) mass is 2070 g/mol. The molecule has 0 aromatic carbocycles. The van der Waals surface area contributed by atoms with Gasteiger partial charge in [0.2, 0.25) is 0 Å². The van der Waals surface area contributed by atoms with Crippen molar-refractivity contribution in [3.63, 3.8) is 0 Å². The van der Waals surface area contributed by atoms with Crippen molar-refractivity contribution in [3.8, 4) is 0 Å². The third kappa shape index (κ3) is 54.2. The van der Waals surface area contributed by atoms with Gasteiger partial charge in [0.1, 0.15) is 0 Å². The van der Waals surface area contributed by atoms with Gasteiger partial charge < -0.3 is 32.9 Å². The summed E-state index contributed by atoms with van der Waals surface area (Å²) in [6, 6.07) is 0. The van der Waals surface area contributed by atoms with Crippen molar-refractivity contribution < 1.29 is 155 Å². The van der Waals surface area contributed by atoms with Crippen LogP contribution in [0.1, 0.15) is 344 Å². The maximum absolute atomic E-state index is 4.75. The van der Waals surface area contributed by atoms with Crippen LogP contribution in [0.15, 0.2) is 0 Å². The van der Waals surface area contributed by atoms with Crippen molar-refractivity contribution in [3.05, 3.63) is 26.0 Å². The fourth-order valence-electron chi connectivity index (χ4n) is 17.4. The molecule has 9 rings (SSSR count). The van der Waals surface area contributed by atoms with Gasteiger partial charge in [-0.1, -0.05) is 253 Å². The van der Waals surface area contributed by atoms with Gasteiger partial charge in [-0.15, -0.1) is 10.5 Å². The Labute approximate surface area is 896 Å². The average molecular weight is 2070 g/mol. The van der Waals surface area contributed by atoms with Gasteiger partial charge in [-0.3, -0.25) is 5.75 Å². The second-order valence-corrected chi connectivity index (χ2v) is 46.1. The third-order valence-electron chi connectivity index (χ3n) is 27.6. The van der Waals surface area contributed by atoms with Crippen LogP contribution in [0, 0.1) is 150 Å². The van der Waals surface area contributed by atoms with Crippen LogP contribution < -0.4 is 138 Å². The Morgan fingerprint density at radius 3 is 0.972 bits per heavy atom. The molecule has 9 aliphatic rings. The van der Waals surface area contributed by atoms with Crippen molar-refractivity contribution in [2.45, 2.75) is 417 Å². The van der Waals surface area contributed by atoms with E-state index in [4.69, 9.17) is 25.3 Å². The molecule has 0 spiro atoms. The van der Waals surface area contributed by atoms with Crippen LogP contribution in [0.2, 0.25) is 0 Å². The molecule has 0 aromatic rings. The van der Waals surface area contributed by atoms with E-state index in [1.807, 2.05) is 12.7 Å². The van der Waals surface area contributed by atoms with Gasteiger partial charge in [-0.05, 0) is 196 Å². The molecule has 9 aliphatic carbocycles. The average Bonchev–Trinajstić information content (AvgIpc) is 0.846. The Bertz CT molecular complexity index is 1880. The topological polar surface area (TPSA) is 0 Å². The molecule has 0 bridgehead atoms. The molecule has 109 heavy (non-hydrogen) atoms. The molecule has 0 saturated heterocycles. The summed E-state index contributed by atoms with van der Waals surface area (Å²) in [4.78, 5) is 0. The second-order valence-electron chi connectivity index (χ2n) is 36.9. The van der Waals surface area contributed by atoms with Gasteiger partial charge in [0.05, 0.1) is 0 Å². The Morgan fingerprint density at radius 1 is 0.358 bits per heavy atom. The maximum Gasteiger partial charge on any atom is 2.00 e. The summed E-state index contributed by atoms with van der Waals surface area (Å²) in [5.74, 6) is 19.4. The first-order valence-corrected chi connectivity index (χ1v) is 51.9. The van der Waals surface area contributed by atoms with Gasteiger partial charge in [-0.2, -0.15) is 164 Å². The molecule has 27 unspecified atom stereocenters. The van der Waals surface area contributed by atoms with Gasteiger partial charge >= 0.3 is 155 Å². The number of thiol groups is 15. The third-order valence-corrected chi connectivity index (χ3v) is 39.1. The van der Waals surface area contributed by atoms with E-state index in [0.717, 1.165) is 95.7 Å². The SMILES string of the molecule is CC1C(S)CC(S)C(C)C1S.CC1CC(C)C(S)C(S)C1S.CC1CC(C)C(S)CC1S.CC1CCC(CC2CCC(C)C(S)C2)CC1S.CC1CCCC(C)C1S.CCC1CCC(CC)C(S)C1.CCC1CCC(CC2CCC(CC)CC2)CC1.C[CH-]C(S)C(C)C.[CH2-]C(S)C(C)CC.[CH2-]CC(C)[CH-]S.[Cr+2].[Cs+].[Cs+]. The molecule has 0 amide bonds. The smallest absolute Gasteiger partial charge is 0.369 e. The van der Waals surface area contributed by atoms with Crippen molar-refractivity contribution in [1.82, 2.24) is 0 Å². The molecule has 0 nitrogen and oxygen atoms in total. The molecule has 0 aliphatic heterocycles. The van der Waals surface area contributed by atoms with Crippen molar-refractivity contribution in [1.29, 1.82) is 0 Å². The second kappa shape index (κ2) is 72.7. The Hall–Kier alpha value is 9.89. The summed E-state index contributed by atoms with van der Waals surface area (Å²) in [5.41, 5.74) is 0. The van der Waals surface area contributed by atoms with Crippen molar-refractivity contribution in [2.75, 3.05) is 0 Å². The van der Waals surface area contributed by atoms with Crippen LogP contribution in [0.25, 0.3) is 0 Å². The normalized spacial score (nSPS) is 39.4. The van der Waals surface area contributed by atoms with Crippen LogP contribution in [-0.2, 0) is 17.4 Å². The number of hydrogen-bond acceptors (Lipinski definition) is 15. The van der Waals surface area contributed by atoms with Crippen LogP contribution in [0.3, 0.4) is 0 Å². The molecule has 9 saturated carbocycles. The minimum atomic E-state index is 0. The first kappa shape index (κ1) is 125. The zero-order chi connectivity index (χ0) is 81.2. The first-order valence-electron chi connectivity index (χ1n) is 44.1. The fraction of sp³-hybridized carbons (Fsp3) is 0.956. The molecular weight excluding hydrogens is 1890 g/mol. The molecule has 0 heterocycles. The summed E-state index contributed by atoms with van der Waals surface area (Å²) in [7, 11) is 0. The minimum absolute atomic E-state index is 0. The van der Waals surface area contributed by atoms with E-state index in [1.165, 1.54) is 161 Å². The van der Waals surface area contributed by atoms with E-state index in [2.05, 4.69) is 316 Å². The number of rotatable bonds is 14. The van der Waals surface area contributed by atoms with E-state index >= 15 is 0 Å². The van der Waals surface area contributed by atoms with E-state index in [0.29, 0.717) is 115 Å². The zero-order valence-electron chi connectivity index (χ0n) is 74.5. The Balaban J connectivity index is -0.000000570. The minimum Gasteiger partial charge on any atom is -0.369 e. The first-order chi connectivity index (χ1) is 49.7. The molecule has 9 fully saturated rings. The van der Waals surface area contributed by atoms with Crippen LogP contribution in [0.4, 0.5) is 0 Å². The molecule has 0 N–H and O–H groups in total. The van der Waals surface area contributed by atoms with E-state index in [-0.39, 0.29) is 155 Å². The molecule has 642 valence electrons. The van der Waals surface area contributed by atoms with Gasteiger partial charge in [0.25, 0.3) is 0 Å². The quantitative estimate of drug-likeness (QED) is 0.0592. The zero-order valence-corrected chi connectivity index (χ0v) is 102. The summed E-state index contributed by atoms with van der Waals surface area (Å²) >= 11 is 67.3.